The van der Waals surface area contributed by atoms with E-state index in [-0.39, 0.29) is 0 Å². The first-order valence-electron chi connectivity index (χ1n) is 15.7. The molecule has 0 atom stereocenters. The minimum absolute atomic E-state index is 0.710. The highest BCUT2D eigenvalue weighted by molar-refractivity contribution is 6.08. The zero-order chi connectivity index (χ0) is 31.2. The maximum absolute atomic E-state index is 6.20. The number of anilines is 2. The first kappa shape index (κ1) is 33.4. The number of amidine groups is 1. The van der Waals surface area contributed by atoms with E-state index in [1.165, 1.54) is 18.4 Å². The Kier molecular flexibility index (Phi) is 13.3. The van der Waals surface area contributed by atoms with E-state index in [0.717, 1.165) is 84.3 Å². The molecule has 2 heterocycles. The third-order valence-corrected chi connectivity index (χ3v) is 7.12. The van der Waals surface area contributed by atoms with Gasteiger partial charge < -0.3 is 15.0 Å². The van der Waals surface area contributed by atoms with Gasteiger partial charge in [-0.1, -0.05) is 65.2 Å². The molecule has 0 bridgehead atoms. The van der Waals surface area contributed by atoms with Gasteiger partial charge in [0, 0.05) is 44.0 Å². The van der Waals surface area contributed by atoms with Gasteiger partial charge >= 0.3 is 0 Å². The largest absolute Gasteiger partial charge is 0.457 e. The van der Waals surface area contributed by atoms with Crippen molar-refractivity contribution in [2.24, 2.45) is 10.1 Å². The normalized spacial score (nSPS) is 13.7. The molecule has 1 aromatic carbocycles. The summed E-state index contributed by atoms with van der Waals surface area (Å²) in [6.07, 6.45) is 19.0. The lowest BCUT2D eigenvalue weighted by atomic mass is 10.1. The second-order valence-electron chi connectivity index (χ2n) is 10.9. The number of allylic oxidation sites excluding steroid dienone is 3. The molecule has 1 N–H and O–H groups in total. The summed E-state index contributed by atoms with van der Waals surface area (Å²) in [5.74, 6) is 3.26. The van der Waals surface area contributed by atoms with Crippen molar-refractivity contribution in [3.05, 3.63) is 95.3 Å². The first-order valence-corrected chi connectivity index (χ1v) is 15.7. The molecule has 7 nitrogen and oxygen atoms in total. The van der Waals surface area contributed by atoms with Crippen molar-refractivity contribution in [1.82, 2.24) is 9.99 Å². The molecular weight excluding hydrogens is 532 g/mol. The van der Waals surface area contributed by atoms with Gasteiger partial charge in [0.05, 0.1) is 5.70 Å². The summed E-state index contributed by atoms with van der Waals surface area (Å²) in [5, 5.41) is 9.55. The molecule has 43 heavy (non-hydrogen) atoms. The van der Waals surface area contributed by atoms with Crippen molar-refractivity contribution in [1.29, 1.82) is 0 Å². The summed E-state index contributed by atoms with van der Waals surface area (Å²) in [6, 6.07) is 8.36. The molecule has 0 unspecified atom stereocenters. The fourth-order valence-corrected chi connectivity index (χ4v) is 4.83. The van der Waals surface area contributed by atoms with E-state index in [1.807, 2.05) is 50.5 Å². The Morgan fingerprint density at radius 1 is 1.09 bits per heavy atom. The molecule has 0 fully saturated rings. The van der Waals surface area contributed by atoms with Gasteiger partial charge in [-0.3, -0.25) is 0 Å². The summed E-state index contributed by atoms with van der Waals surface area (Å²) in [4.78, 5) is 12.4. The highest BCUT2D eigenvalue weighted by Crippen LogP contribution is 2.28. The number of unbranched alkanes of at least 4 members (excludes halogenated alkanes) is 3. The number of ether oxygens (including phenoxy) is 1. The van der Waals surface area contributed by atoms with Crippen LogP contribution in [0.1, 0.15) is 88.6 Å². The van der Waals surface area contributed by atoms with Gasteiger partial charge in [-0.15, -0.1) is 0 Å². The Bertz CT molecular complexity index is 1380. The van der Waals surface area contributed by atoms with E-state index in [0.29, 0.717) is 5.76 Å². The van der Waals surface area contributed by atoms with Crippen LogP contribution in [0.5, 0.6) is 5.75 Å². The van der Waals surface area contributed by atoms with Crippen molar-refractivity contribution < 1.29 is 4.74 Å². The second kappa shape index (κ2) is 17.1. The van der Waals surface area contributed by atoms with Crippen LogP contribution in [-0.4, -0.2) is 35.6 Å². The van der Waals surface area contributed by atoms with Crippen LogP contribution in [0.15, 0.2) is 83.0 Å². The van der Waals surface area contributed by atoms with Crippen molar-refractivity contribution in [2.75, 3.05) is 23.8 Å². The molecule has 1 aliphatic rings. The number of aryl methyl sites for hydroxylation is 3. The van der Waals surface area contributed by atoms with Crippen molar-refractivity contribution in [3.8, 4) is 5.75 Å². The molecule has 1 aliphatic heterocycles. The van der Waals surface area contributed by atoms with Gasteiger partial charge in [-0.05, 0) is 81.0 Å². The lowest BCUT2D eigenvalue weighted by Gasteiger charge is -2.24. The van der Waals surface area contributed by atoms with Crippen LogP contribution in [0.3, 0.4) is 0 Å². The number of rotatable bonds is 15. The van der Waals surface area contributed by atoms with Crippen LogP contribution in [0.25, 0.3) is 0 Å². The maximum Gasteiger partial charge on any atom is 0.156 e. The van der Waals surface area contributed by atoms with Gasteiger partial charge in [-0.25, -0.2) is 15.0 Å². The number of hydrogen-bond donors (Lipinski definition) is 1. The lowest BCUT2D eigenvalue weighted by Crippen LogP contribution is -2.24. The van der Waals surface area contributed by atoms with Gasteiger partial charge in [-0.2, -0.15) is 5.10 Å². The molecule has 0 aliphatic carbocycles. The Balaban J connectivity index is 1.92. The average molecular weight is 583 g/mol. The molecule has 0 amide bonds. The first-order chi connectivity index (χ1) is 20.8. The van der Waals surface area contributed by atoms with Crippen LogP contribution in [-0.2, 0) is 6.42 Å². The van der Waals surface area contributed by atoms with E-state index < -0.39 is 0 Å². The molecule has 1 aromatic heterocycles. The summed E-state index contributed by atoms with van der Waals surface area (Å²) < 4.78 is 6.20. The molecule has 0 saturated heterocycles. The van der Waals surface area contributed by atoms with Crippen LogP contribution >= 0.6 is 0 Å². The highest BCUT2D eigenvalue weighted by atomic mass is 16.5. The fourth-order valence-electron chi connectivity index (χ4n) is 4.83. The van der Waals surface area contributed by atoms with Crippen LogP contribution < -0.4 is 15.0 Å². The predicted octanol–water partition coefficient (Wildman–Crippen LogP) is 9.06. The molecule has 7 heteroatoms. The quantitative estimate of drug-likeness (QED) is 0.129. The Labute approximate surface area is 259 Å². The lowest BCUT2D eigenvalue weighted by molar-refractivity contribution is 0.421. The van der Waals surface area contributed by atoms with Crippen LogP contribution in [0, 0.1) is 13.8 Å². The molecule has 0 radical (unpaired) electrons. The topological polar surface area (TPSA) is 65.3 Å². The number of aliphatic imine (C=N–C) groups is 1. The average Bonchev–Trinajstić information content (AvgIpc) is 2.98. The van der Waals surface area contributed by atoms with Crippen molar-refractivity contribution in [2.45, 2.75) is 86.5 Å². The highest BCUT2D eigenvalue weighted by Gasteiger charge is 2.17. The number of nitrogens with one attached hydrogen (secondary N) is 1. The Morgan fingerprint density at radius 2 is 1.91 bits per heavy atom. The van der Waals surface area contributed by atoms with Gasteiger partial charge in [0.25, 0.3) is 0 Å². The van der Waals surface area contributed by atoms with Gasteiger partial charge in [0.2, 0.25) is 0 Å². The minimum Gasteiger partial charge on any atom is -0.457 e. The zero-order valence-electron chi connectivity index (χ0n) is 27.3. The standard InChI is InChI=1S/C36H50N6O/c1-9-13-15-21-37-35(34-28(6)24-30(17-11-3)36(40-34)41(8)22-16-14-10-2)39-31-18-19-33(27(5)25-31)43-32-20-23-42(38-12-4)29(7)26-32/h12,15,18-21,23-26H,7,9-11,13-14,16-17,22H2,1-6,8H3,(H,37,39)/b21-15+,38-12-. The maximum atomic E-state index is 6.20. The van der Waals surface area contributed by atoms with Crippen LogP contribution in [0.2, 0.25) is 0 Å². The number of hydrazone groups is 1. The molecule has 2 aromatic rings. The fraction of sp³-hybridized carbons (Fsp3) is 0.417. The van der Waals surface area contributed by atoms with E-state index in [1.54, 1.807) is 11.2 Å². The summed E-state index contributed by atoms with van der Waals surface area (Å²) >= 11 is 0. The predicted molar refractivity (Wildman–Crippen MR) is 184 cm³/mol. The number of benzene rings is 1. The number of aromatic nitrogens is 1. The Morgan fingerprint density at radius 3 is 2.58 bits per heavy atom. The van der Waals surface area contributed by atoms with E-state index in [9.17, 15) is 0 Å². The molecule has 0 saturated carbocycles. The number of pyridine rings is 1. The molecule has 3 rings (SSSR count). The SMILES string of the molecule is C=C1C=C(Oc2ccc(NC(=N/C=C/CCC)c3nc(N(C)CCCCC)c(CCC)cc3C)cc2C)C=CN1/N=C\C. The third-order valence-electron chi connectivity index (χ3n) is 7.12. The monoisotopic (exact) mass is 582 g/mol. The minimum atomic E-state index is 0.710. The smallest absolute Gasteiger partial charge is 0.156 e. The van der Waals surface area contributed by atoms with E-state index >= 15 is 0 Å². The van der Waals surface area contributed by atoms with Gasteiger partial charge in [0.1, 0.15) is 23.0 Å². The van der Waals surface area contributed by atoms with Crippen molar-refractivity contribution >= 4 is 23.6 Å². The third kappa shape index (κ3) is 9.70. The summed E-state index contributed by atoms with van der Waals surface area (Å²) in [7, 11) is 2.16. The number of hydrogen-bond acceptors (Lipinski definition) is 6. The van der Waals surface area contributed by atoms with E-state index in [2.05, 4.69) is 74.8 Å². The molecule has 230 valence electrons. The zero-order valence-corrected chi connectivity index (χ0v) is 27.3. The summed E-state index contributed by atoms with van der Waals surface area (Å²) in [6.45, 7) is 17.7. The second-order valence-corrected chi connectivity index (χ2v) is 10.9. The molecular formula is C36H50N6O. The Hall–Kier alpha value is -4.13. The van der Waals surface area contributed by atoms with Crippen LogP contribution in [0.4, 0.5) is 11.5 Å². The van der Waals surface area contributed by atoms with Crippen molar-refractivity contribution in [3.63, 3.8) is 0 Å². The molecule has 0 spiro atoms. The summed E-state index contributed by atoms with van der Waals surface area (Å²) in [5.41, 5.74) is 5.93. The van der Waals surface area contributed by atoms with E-state index in [4.69, 9.17) is 14.7 Å². The van der Waals surface area contributed by atoms with Gasteiger partial charge in [0.15, 0.2) is 5.84 Å². The number of nitrogens with zero attached hydrogens (tertiary/aromatic N) is 5.